The van der Waals surface area contributed by atoms with E-state index >= 15 is 0 Å². The molecular formula is C27H41BrO3. The molecule has 0 radical (unpaired) electrons. The second kappa shape index (κ2) is 15.4. The summed E-state index contributed by atoms with van der Waals surface area (Å²) in [5, 5.41) is 3.31. The Hall–Kier alpha value is -1.42. The number of rotatable bonds is 17. The maximum Gasteiger partial charge on any atom is 0.168 e. The largest absolute Gasteiger partial charge is 0.492 e. The Kier molecular flexibility index (Phi) is 12.8. The molecule has 1 unspecified atom stereocenters. The van der Waals surface area contributed by atoms with Gasteiger partial charge in [-0.05, 0) is 61.8 Å². The lowest BCUT2D eigenvalue weighted by molar-refractivity contribution is 0.183. The Morgan fingerprint density at radius 1 is 0.871 bits per heavy atom. The Morgan fingerprint density at radius 2 is 1.65 bits per heavy atom. The summed E-state index contributed by atoms with van der Waals surface area (Å²) in [4.78, 5) is 0. The third-order valence-electron chi connectivity index (χ3n) is 5.78. The Morgan fingerprint density at radius 3 is 2.35 bits per heavy atom. The van der Waals surface area contributed by atoms with Gasteiger partial charge in [0, 0.05) is 10.7 Å². The SMILES string of the molecule is CCCCCC(CC)Oc1ccc2c(OC)c(OCCCCCCCCBr)ccc2c1. The van der Waals surface area contributed by atoms with E-state index in [1.165, 1.54) is 51.4 Å². The van der Waals surface area contributed by atoms with Crippen molar-refractivity contribution in [3.63, 3.8) is 0 Å². The lowest BCUT2D eigenvalue weighted by Crippen LogP contribution is -2.15. The van der Waals surface area contributed by atoms with Crippen molar-refractivity contribution in [2.75, 3.05) is 19.0 Å². The highest BCUT2D eigenvalue weighted by Gasteiger charge is 2.12. The molecule has 2 rings (SSSR count). The predicted octanol–water partition coefficient (Wildman–Crippen LogP) is 8.70. The van der Waals surface area contributed by atoms with Crippen LogP contribution in [0.15, 0.2) is 30.3 Å². The molecule has 0 bridgehead atoms. The topological polar surface area (TPSA) is 27.7 Å². The van der Waals surface area contributed by atoms with Crippen molar-refractivity contribution < 1.29 is 14.2 Å². The third-order valence-corrected chi connectivity index (χ3v) is 6.34. The van der Waals surface area contributed by atoms with Crippen LogP contribution in [-0.4, -0.2) is 25.2 Å². The Labute approximate surface area is 198 Å². The lowest BCUT2D eigenvalue weighted by atomic mass is 10.1. The maximum absolute atomic E-state index is 6.27. The van der Waals surface area contributed by atoms with Crippen molar-refractivity contribution in [2.24, 2.45) is 0 Å². The number of unbranched alkanes of at least 4 members (excludes halogenated alkanes) is 7. The number of halogens is 1. The van der Waals surface area contributed by atoms with Crippen LogP contribution in [0.25, 0.3) is 10.8 Å². The van der Waals surface area contributed by atoms with Crippen LogP contribution in [0.4, 0.5) is 0 Å². The quantitative estimate of drug-likeness (QED) is 0.163. The van der Waals surface area contributed by atoms with Gasteiger partial charge in [-0.25, -0.2) is 0 Å². The summed E-state index contributed by atoms with van der Waals surface area (Å²) in [6.07, 6.45) is 13.7. The van der Waals surface area contributed by atoms with E-state index in [0.29, 0.717) is 0 Å². The number of alkyl halides is 1. The number of hydrogen-bond donors (Lipinski definition) is 0. The van der Waals surface area contributed by atoms with E-state index in [1.807, 2.05) is 6.07 Å². The second-order valence-corrected chi connectivity index (χ2v) is 9.08. The van der Waals surface area contributed by atoms with Gasteiger partial charge in [-0.15, -0.1) is 0 Å². The molecule has 0 N–H and O–H groups in total. The van der Waals surface area contributed by atoms with Crippen LogP contribution < -0.4 is 14.2 Å². The highest BCUT2D eigenvalue weighted by atomic mass is 79.9. The minimum atomic E-state index is 0.285. The molecule has 3 nitrogen and oxygen atoms in total. The van der Waals surface area contributed by atoms with E-state index in [2.05, 4.69) is 54.0 Å². The number of hydrogen-bond acceptors (Lipinski definition) is 3. The summed E-state index contributed by atoms with van der Waals surface area (Å²) in [6, 6.07) is 10.4. The monoisotopic (exact) mass is 492 g/mol. The number of methoxy groups -OCH3 is 1. The normalized spacial score (nSPS) is 12.1. The van der Waals surface area contributed by atoms with E-state index in [-0.39, 0.29) is 6.10 Å². The molecule has 31 heavy (non-hydrogen) atoms. The molecule has 174 valence electrons. The average Bonchev–Trinajstić information content (AvgIpc) is 2.79. The first kappa shape index (κ1) is 25.8. The maximum atomic E-state index is 6.27. The molecule has 0 saturated heterocycles. The summed E-state index contributed by atoms with van der Waals surface area (Å²) < 4.78 is 18.1. The van der Waals surface area contributed by atoms with Crippen LogP contribution in [0.3, 0.4) is 0 Å². The zero-order valence-corrected chi connectivity index (χ0v) is 21.3. The highest BCUT2D eigenvalue weighted by molar-refractivity contribution is 9.09. The molecule has 0 amide bonds. The van der Waals surface area contributed by atoms with E-state index in [0.717, 1.165) is 59.2 Å². The third kappa shape index (κ3) is 8.92. The van der Waals surface area contributed by atoms with Crippen LogP contribution >= 0.6 is 15.9 Å². The molecule has 0 aliphatic heterocycles. The van der Waals surface area contributed by atoms with Gasteiger partial charge in [-0.3, -0.25) is 0 Å². The number of benzene rings is 2. The van der Waals surface area contributed by atoms with Gasteiger partial charge >= 0.3 is 0 Å². The standard InChI is InChI=1S/C27H41BrO3/c1-4-6-11-14-23(5-2)31-24-16-17-25-22(21-24)15-18-26(27(25)29-3)30-20-13-10-8-7-9-12-19-28/h15-18,21,23H,4-14,19-20H2,1-3H3. The van der Waals surface area contributed by atoms with Gasteiger partial charge in [0.25, 0.3) is 0 Å². The summed E-state index contributed by atoms with van der Waals surface area (Å²) in [6.45, 7) is 5.18. The van der Waals surface area contributed by atoms with Crippen LogP contribution in [0.2, 0.25) is 0 Å². The zero-order valence-electron chi connectivity index (χ0n) is 19.8. The van der Waals surface area contributed by atoms with Crippen LogP contribution in [0.5, 0.6) is 17.2 Å². The van der Waals surface area contributed by atoms with E-state index in [1.54, 1.807) is 7.11 Å². The molecule has 2 aromatic carbocycles. The van der Waals surface area contributed by atoms with E-state index in [9.17, 15) is 0 Å². The van der Waals surface area contributed by atoms with Gasteiger partial charge < -0.3 is 14.2 Å². The van der Waals surface area contributed by atoms with Crippen LogP contribution in [-0.2, 0) is 0 Å². The van der Waals surface area contributed by atoms with Gasteiger partial charge in [0.05, 0.1) is 19.8 Å². The van der Waals surface area contributed by atoms with Crippen molar-refractivity contribution in [2.45, 2.75) is 90.6 Å². The molecule has 1 atom stereocenters. The molecule has 2 aromatic rings. The highest BCUT2D eigenvalue weighted by Crippen LogP contribution is 2.37. The minimum absolute atomic E-state index is 0.285. The summed E-state index contributed by atoms with van der Waals surface area (Å²) in [5.74, 6) is 2.58. The van der Waals surface area contributed by atoms with Crippen molar-refractivity contribution in [3.8, 4) is 17.2 Å². The molecule has 0 aromatic heterocycles. The Balaban J connectivity index is 1.94. The summed E-state index contributed by atoms with van der Waals surface area (Å²) in [7, 11) is 1.72. The van der Waals surface area contributed by atoms with Crippen LogP contribution in [0, 0.1) is 0 Å². The fraction of sp³-hybridized carbons (Fsp3) is 0.630. The first-order valence-electron chi connectivity index (χ1n) is 12.2. The molecule has 0 fully saturated rings. The molecule has 0 saturated carbocycles. The fourth-order valence-corrected chi connectivity index (χ4v) is 4.30. The summed E-state index contributed by atoms with van der Waals surface area (Å²) >= 11 is 3.49. The van der Waals surface area contributed by atoms with E-state index < -0.39 is 0 Å². The molecule has 0 aliphatic carbocycles. The lowest BCUT2D eigenvalue weighted by Gasteiger charge is -2.18. The van der Waals surface area contributed by atoms with Crippen LogP contribution in [0.1, 0.15) is 84.5 Å². The first-order chi connectivity index (χ1) is 15.2. The Bertz CT molecular complexity index is 747. The van der Waals surface area contributed by atoms with Gasteiger partial charge in [0.2, 0.25) is 0 Å². The average molecular weight is 494 g/mol. The molecular weight excluding hydrogens is 452 g/mol. The van der Waals surface area contributed by atoms with Gasteiger partial charge in [0.15, 0.2) is 11.5 Å². The van der Waals surface area contributed by atoms with Gasteiger partial charge in [0.1, 0.15) is 5.75 Å². The van der Waals surface area contributed by atoms with Gasteiger partial charge in [-0.2, -0.15) is 0 Å². The van der Waals surface area contributed by atoms with Crippen molar-refractivity contribution in [3.05, 3.63) is 30.3 Å². The number of ether oxygens (including phenoxy) is 3. The molecule has 4 heteroatoms. The van der Waals surface area contributed by atoms with Gasteiger partial charge in [-0.1, -0.05) is 74.4 Å². The summed E-state index contributed by atoms with van der Waals surface area (Å²) in [5.41, 5.74) is 0. The molecule has 0 aliphatic rings. The van der Waals surface area contributed by atoms with Crippen molar-refractivity contribution >= 4 is 26.7 Å². The molecule has 0 heterocycles. The van der Waals surface area contributed by atoms with Crippen molar-refractivity contribution in [1.29, 1.82) is 0 Å². The zero-order chi connectivity index (χ0) is 22.3. The first-order valence-corrected chi connectivity index (χ1v) is 13.3. The van der Waals surface area contributed by atoms with E-state index in [4.69, 9.17) is 14.2 Å². The fourth-order valence-electron chi connectivity index (χ4n) is 3.90. The smallest absolute Gasteiger partial charge is 0.168 e. The predicted molar refractivity (Wildman–Crippen MR) is 136 cm³/mol. The molecule has 0 spiro atoms. The van der Waals surface area contributed by atoms with Crippen molar-refractivity contribution in [1.82, 2.24) is 0 Å². The number of fused-ring (bicyclic) bond motifs is 1. The minimum Gasteiger partial charge on any atom is -0.492 e. The second-order valence-electron chi connectivity index (χ2n) is 8.28.